The van der Waals surface area contributed by atoms with Crippen molar-refractivity contribution in [2.45, 2.75) is 45.3 Å². The summed E-state index contributed by atoms with van der Waals surface area (Å²) in [6.45, 7) is 6.45. The molecule has 2 rings (SSSR count). The van der Waals surface area contributed by atoms with Crippen molar-refractivity contribution in [3.05, 3.63) is 34.5 Å². The van der Waals surface area contributed by atoms with Crippen molar-refractivity contribution in [3.8, 4) is 5.75 Å². The van der Waals surface area contributed by atoms with Crippen LogP contribution in [0.5, 0.6) is 5.75 Å². The fraction of sp³-hybridized carbons (Fsp3) is 0.562. The van der Waals surface area contributed by atoms with Crippen LogP contribution in [0.4, 0.5) is 14.9 Å². The number of halogens is 1. The van der Waals surface area contributed by atoms with Crippen molar-refractivity contribution in [3.63, 3.8) is 0 Å². The monoisotopic (exact) mass is 336 g/mol. The fourth-order valence-corrected chi connectivity index (χ4v) is 2.39. The number of carbonyl (C=O) groups is 1. The highest BCUT2D eigenvalue weighted by Crippen LogP contribution is 2.32. The highest BCUT2D eigenvalue weighted by molar-refractivity contribution is 5.68. The van der Waals surface area contributed by atoms with Gasteiger partial charge in [-0.25, -0.2) is 9.18 Å². The Morgan fingerprint density at radius 2 is 2.04 bits per heavy atom. The maximum Gasteiger partial charge on any atom is 0.410 e. The van der Waals surface area contributed by atoms with Gasteiger partial charge < -0.3 is 14.4 Å². The molecule has 1 aliphatic rings. The molecule has 1 aliphatic heterocycles. The zero-order chi connectivity index (χ0) is 17.7. The molecular formula is C16H21FN4O3. The number of hydrogen-bond donors (Lipinski definition) is 0. The van der Waals surface area contributed by atoms with E-state index in [-0.39, 0.29) is 23.6 Å². The van der Waals surface area contributed by atoms with E-state index in [4.69, 9.17) is 15.0 Å². The Hall–Kier alpha value is -2.47. The first-order valence-electron chi connectivity index (χ1n) is 7.78. The number of carbonyl (C=O) groups excluding carboxylic acids is 1. The van der Waals surface area contributed by atoms with Crippen LogP contribution in [0.2, 0.25) is 0 Å². The maximum absolute atomic E-state index is 13.7. The molecule has 1 aromatic rings. The second-order valence-corrected chi connectivity index (χ2v) is 6.56. The SMILES string of the molecule is CC(C)(C)OC(=O)N1CCC(Oc2cccc(F)c2N=[N+]=[N-])CC1. The lowest BCUT2D eigenvalue weighted by Crippen LogP contribution is -2.44. The molecule has 1 saturated heterocycles. The summed E-state index contributed by atoms with van der Waals surface area (Å²) in [5, 5.41) is 3.35. The van der Waals surface area contributed by atoms with E-state index in [0.29, 0.717) is 25.9 Å². The van der Waals surface area contributed by atoms with Crippen molar-refractivity contribution in [2.24, 2.45) is 5.11 Å². The summed E-state index contributed by atoms with van der Waals surface area (Å²) in [5.41, 5.74) is 7.87. The summed E-state index contributed by atoms with van der Waals surface area (Å²) in [5.74, 6) is -0.417. The van der Waals surface area contributed by atoms with Crippen molar-refractivity contribution >= 4 is 11.8 Å². The molecule has 0 N–H and O–H groups in total. The molecule has 0 aromatic heterocycles. The van der Waals surface area contributed by atoms with E-state index in [1.165, 1.54) is 12.1 Å². The third kappa shape index (κ3) is 4.76. The molecule has 0 radical (unpaired) electrons. The molecule has 0 atom stereocenters. The topological polar surface area (TPSA) is 87.5 Å². The van der Waals surface area contributed by atoms with Gasteiger partial charge in [-0.2, -0.15) is 0 Å². The van der Waals surface area contributed by atoms with Crippen LogP contribution in [-0.4, -0.2) is 35.8 Å². The van der Waals surface area contributed by atoms with Gasteiger partial charge in [0.25, 0.3) is 0 Å². The number of azide groups is 1. The molecule has 24 heavy (non-hydrogen) atoms. The molecular weight excluding hydrogens is 315 g/mol. The number of ether oxygens (including phenoxy) is 2. The van der Waals surface area contributed by atoms with Crippen LogP contribution in [-0.2, 0) is 4.74 Å². The molecule has 0 saturated carbocycles. The van der Waals surface area contributed by atoms with Gasteiger partial charge in [-0.05, 0) is 38.4 Å². The van der Waals surface area contributed by atoms with Crippen molar-refractivity contribution < 1.29 is 18.7 Å². The molecule has 0 spiro atoms. The third-order valence-electron chi connectivity index (χ3n) is 3.48. The lowest BCUT2D eigenvalue weighted by molar-refractivity contribution is 0.0127. The van der Waals surface area contributed by atoms with Gasteiger partial charge in [0.1, 0.15) is 29.0 Å². The Morgan fingerprint density at radius 3 is 2.62 bits per heavy atom. The van der Waals surface area contributed by atoms with E-state index in [1.54, 1.807) is 11.0 Å². The average molecular weight is 336 g/mol. The summed E-state index contributed by atoms with van der Waals surface area (Å²) in [6, 6.07) is 4.27. The van der Waals surface area contributed by atoms with Crippen LogP contribution in [0, 0.1) is 5.82 Å². The summed E-state index contributed by atoms with van der Waals surface area (Å²) in [6.07, 6.45) is 0.649. The molecule has 1 heterocycles. The summed E-state index contributed by atoms with van der Waals surface area (Å²) >= 11 is 0. The van der Waals surface area contributed by atoms with Crippen LogP contribution in [0.15, 0.2) is 23.3 Å². The van der Waals surface area contributed by atoms with Gasteiger partial charge in [-0.15, -0.1) is 0 Å². The van der Waals surface area contributed by atoms with Crippen LogP contribution in [0.3, 0.4) is 0 Å². The quantitative estimate of drug-likeness (QED) is 0.461. The van der Waals surface area contributed by atoms with Crippen LogP contribution in [0.25, 0.3) is 10.4 Å². The number of amides is 1. The zero-order valence-corrected chi connectivity index (χ0v) is 14.0. The number of likely N-dealkylation sites (tertiary alicyclic amines) is 1. The normalized spacial score (nSPS) is 15.6. The molecule has 0 aliphatic carbocycles. The van der Waals surface area contributed by atoms with E-state index in [0.717, 1.165) is 0 Å². The van der Waals surface area contributed by atoms with Crippen LogP contribution < -0.4 is 4.74 Å². The fourth-order valence-electron chi connectivity index (χ4n) is 2.39. The highest BCUT2D eigenvalue weighted by Gasteiger charge is 2.28. The maximum atomic E-state index is 13.7. The first kappa shape index (κ1) is 17.9. The zero-order valence-electron chi connectivity index (χ0n) is 14.0. The van der Waals surface area contributed by atoms with Gasteiger partial charge >= 0.3 is 6.09 Å². The van der Waals surface area contributed by atoms with E-state index in [2.05, 4.69) is 10.0 Å². The number of nitrogens with zero attached hydrogens (tertiary/aromatic N) is 4. The Kier molecular flexibility index (Phi) is 5.51. The van der Waals surface area contributed by atoms with Gasteiger partial charge in [0.15, 0.2) is 0 Å². The first-order valence-corrected chi connectivity index (χ1v) is 7.78. The number of piperidine rings is 1. The Bertz CT molecular complexity index is 645. The largest absolute Gasteiger partial charge is 0.490 e. The molecule has 1 aromatic carbocycles. The molecule has 0 unspecified atom stereocenters. The minimum absolute atomic E-state index is 0.144. The predicted molar refractivity (Wildman–Crippen MR) is 86.7 cm³/mol. The standard InChI is InChI=1S/C16H21FN4O3/c1-16(2,3)24-15(22)21-9-7-11(8-10-21)23-13-6-4-5-12(17)14(13)19-20-18/h4-6,11H,7-10H2,1-3H3. The first-order chi connectivity index (χ1) is 11.3. The Balaban J connectivity index is 1.96. The summed E-state index contributed by atoms with van der Waals surface area (Å²) < 4.78 is 24.8. The highest BCUT2D eigenvalue weighted by atomic mass is 19.1. The molecule has 1 amide bonds. The lowest BCUT2D eigenvalue weighted by atomic mass is 10.1. The van der Waals surface area contributed by atoms with Crippen molar-refractivity contribution in [2.75, 3.05) is 13.1 Å². The minimum Gasteiger partial charge on any atom is -0.490 e. The molecule has 130 valence electrons. The molecule has 7 nitrogen and oxygen atoms in total. The van der Waals surface area contributed by atoms with Crippen LogP contribution in [0.1, 0.15) is 33.6 Å². The minimum atomic E-state index is -0.628. The Morgan fingerprint density at radius 1 is 1.38 bits per heavy atom. The van der Waals surface area contributed by atoms with E-state index < -0.39 is 11.4 Å². The van der Waals surface area contributed by atoms with E-state index >= 15 is 0 Å². The number of hydrogen-bond acceptors (Lipinski definition) is 4. The van der Waals surface area contributed by atoms with Gasteiger partial charge in [0.2, 0.25) is 0 Å². The number of rotatable bonds is 3. The summed E-state index contributed by atoms with van der Waals surface area (Å²) in [4.78, 5) is 16.3. The van der Waals surface area contributed by atoms with Crippen molar-refractivity contribution in [1.82, 2.24) is 4.90 Å². The van der Waals surface area contributed by atoms with Gasteiger partial charge in [0, 0.05) is 30.8 Å². The predicted octanol–water partition coefficient (Wildman–Crippen LogP) is 4.55. The van der Waals surface area contributed by atoms with Gasteiger partial charge in [-0.3, -0.25) is 0 Å². The second-order valence-electron chi connectivity index (χ2n) is 6.56. The third-order valence-corrected chi connectivity index (χ3v) is 3.48. The molecule has 1 fully saturated rings. The van der Waals surface area contributed by atoms with Crippen LogP contribution >= 0.6 is 0 Å². The van der Waals surface area contributed by atoms with Gasteiger partial charge in [-0.1, -0.05) is 11.2 Å². The van der Waals surface area contributed by atoms with Gasteiger partial charge in [0.05, 0.1) is 0 Å². The molecule has 0 bridgehead atoms. The Labute approximate surface area is 140 Å². The van der Waals surface area contributed by atoms with E-state index in [9.17, 15) is 9.18 Å². The number of benzene rings is 1. The average Bonchev–Trinajstić information content (AvgIpc) is 2.50. The van der Waals surface area contributed by atoms with Crippen molar-refractivity contribution in [1.29, 1.82) is 0 Å². The summed E-state index contributed by atoms with van der Waals surface area (Å²) in [7, 11) is 0. The lowest BCUT2D eigenvalue weighted by Gasteiger charge is -2.33. The second kappa shape index (κ2) is 7.40. The van der Waals surface area contributed by atoms with E-state index in [1.807, 2.05) is 20.8 Å². The smallest absolute Gasteiger partial charge is 0.410 e. The molecule has 8 heteroatoms.